The zero-order valence-electron chi connectivity index (χ0n) is 16.3. The number of ether oxygens (including phenoxy) is 1. The molecule has 0 aliphatic rings. The van der Waals surface area contributed by atoms with Crippen LogP contribution in [0.25, 0.3) is 22.6 Å². The molecule has 0 fully saturated rings. The Hall–Kier alpha value is -3.74. The van der Waals surface area contributed by atoms with Crippen molar-refractivity contribution in [3.63, 3.8) is 0 Å². The fourth-order valence-corrected chi connectivity index (χ4v) is 3.08. The summed E-state index contributed by atoms with van der Waals surface area (Å²) in [6.07, 6.45) is 2.43. The smallest absolute Gasteiger partial charge is 0.183 e. The van der Waals surface area contributed by atoms with Gasteiger partial charge in [0.2, 0.25) is 0 Å². The average Bonchev–Trinajstić information content (AvgIpc) is 3.23. The Bertz CT molecular complexity index is 1150. The third kappa shape index (κ3) is 4.08. The van der Waals surface area contributed by atoms with Crippen LogP contribution in [0.3, 0.4) is 0 Å². The van der Waals surface area contributed by atoms with Crippen molar-refractivity contribution in [2.24, 2.45) is 0 Å². The SMILES string of the molecule is COc1ccc(CCNc2nc(-c3cccc(C(C)=O)c3)nc3nc[nH]c23)cc1. The van der Waals surface area contributed by atoms with E-state index in [-0.39, 0.29) is 5.78 Å². The van der Waals surface area contributed by atoms with Gasteiger partial charge in [0.25, 0.3) is 0 Å². The molecule has 0 radical (unpaired) electrons. The van der Waals surface area contributed by atoms with Gasteiger partial charge in [0, 0.05) is 17.7 Å². The fraction of sp³-hybridized carbons (Fsp3) is 0.182. The number of nitrogens with zero attached hydrogens (tertiary/aromatic N) is 3. The quantitative estimate of drug-likeness (QED) is 0.468. The molecule has 4 aromatic rings. The summed E-state index contributed by atoms with van der Waals surface area (Å²) in [5.74, 6) is 2.06. The number of H-pyrrole nitrogens is 1. The van der Waals surface area contributed by atoms with Gasteiger partial charge >= 0.3 is 0 Å². The lowest BCUT2D eigenvalue weighted by molar-refractivity contribution is 0.101. The molecule has 0 aliphatic carbocycles. The molecule has 0 atom stereocenters. The van der Waals surface area contributed by atoms with Gasteiger partial charge in [-0.3, -0.25) is 4.79 Å². The number of carbonyl (C=O) groups excluding carboxylic acids is 1. The van der Waals surface area contributed by atoms with Gasteiger partial charge in [0.1, 0.15) is 11.3 Å². The van der Waals surface area contributed by atoms with E-state index in [1.807, 2.05) is 36.4 Å². The lowest BCUT2D eigenvalue weighted by atomic mass is 10.1. The lowest BCUT2D eigenvalue weighted by Crippen LogP contribution is -2.08. The van der Waals surface area contributed by atoms with Crippen LogP contribution in [0, 0.1) is 0 Å². The number of carbonyl (C=O) groups is 1. The first kappa shape index (κ1) is 18.6. The number of ketones is 1. The number of benzene rings is 2. The highest BCUT2D eigenvalue weighted by molar-refractivity contribution is 5.95. The second-order valence-corrected chi connectivity index (χ2v) is 6.66. The monoisotopic (exact) mass is 387 g/mol. The van der Waals surface area contributed by atoms with E-state index in [1.54, 1.807) is 32.5 Å². The molecule has 4 rings (SSSR count). The van der Waals surface area contributed by atoms with E-state index >= 15 is 0 Å². The molecule has 2 aromatic carbocycles. The summed E-state index contributed by atoms with van der Waals surface area (Å²) in [5.41, 5.74) is 3.94. The normalized spacial score (nSPS) is 10.8. The van der Waals surface area contributed by atoms with Crippen LogP contribution in [0.2, 0.25) is 0 Å². The van der Waals surface area contributed by atoms with E-state index in [0.29, 0.717) is 29.4 Å². The minimum atomic E-state index is 0.00513. The zero-order valence-corrected chi connectivity index (χ0v) is 16.3. The second-order valence-electron chi connectivity index (χ2n) is 6.66. The number of anilines is 1. The van der Waals surface area contributed by atoms with Crippen LogP contribution in [0.4, 0.5) is 5.82 Å². The first-order valence-electron chi connectivity index (χ1n) is 9.33. The number of rotatable bonds is 7. The first-order chi connectivity index (χ1) is 14.1. The number of nitrogens with one attached hydrogen (secondary N) is 2. The maximum absolute atomic E-state index is 11.7. The largest absolute Gasteiger partial charge is 0.497 e. The van der Waals surface area contributed by atoms with Crippen molar-refractivity contribution >= 4 is 22.8 Å². The molecule has 29 heavy (non-hydrogen) atoms. The van der Waals surface area contributed by atoms with Crippen molar-refractivity contribution in [2.75, 3.05) is 19.0 Å². The number of aromatic amines is 1. The molecule has 0 saturated heterocycles. The maximum atomic E-state index is 11.7. The topological polar surface area (TPSA) is 92.8 Å². The van der Waals surface area contributed by atoms with Crippen molar-refractivity contribution in [1.82, 2.24) is 19.9 Å². The van der Waals surface area contributed by atoms with Crippen LogP contribution in [-0.2, 0) is 6.42 Å². The molecular weight excluding hydrogens is 366 g/mol. The van der Waals surface area contributed by atoms with Gasteiger partial charge < -0.3 is 15.0 Å². The Morgan fingerprint density at radius 3 is 2.72 bits per heavy atom. The Labute approximate surface area is 168 Å². The standard InChI is InChI=1S/C22H21N5O2/c1-14(28)16-4-3-5-17(12-16)20-26-21(19-22(27-20)25-13-24-19)23-11-10-15-6-8-18(29-2)9-7-15/h3-9,12-13H,10-11H2,1-2H3,(H2,23,24,25,26,27). The molecule has 2 heterocycles. The molecule has 146 valence electrons. The summed E-state index contributed by atoms with van der Waals surface area (Å²) in [6, 6.07) is 15.3. The van der Waals surface area contributed by atoms with E-state index in [2.05, 4.69) is 25.3 Å². The van der Waals surface area contributed by atoms with Gasteiger partial charge in [-0.05, 0) is 37.1 Å². The highest BCUT2D eigenvalue weighted by Crippen LogP contribution is 2.23. The van der Waals surface area contributed by atoms with Gasteiger partial charge in [0.05, 0.1) is 13.4 Å². The summed E-state index contributed by atoms with van der Waals surface area (Å²) >= 11 is 0. The molecule has 2 N–H and O–H groups in total. The number of hydrogen-bond acceptors (Lipinski definition) is 6. The molecule has 0 saturated carbocycles. The van der Waals surface area contributed by atoms with E-state index < -0.39 is 0 Å². The zero-order chi connectivity index (χ0) is 20.2. The summed E-state index contributed by atoms with van der Waals surface area (Å²) in [4.78, 5) is 28.3. The summed E-state index contributed by atoms with van der Waals surface area (Å²) in [6.45, 7) is 2.24. The molecule has 0 unspecified atom stereocenters. The Morgan fingerprint density at radius 1 is 1.14 bits per heavy atom. The summed E-state index contributed by atoms with van der Waals surface area (Å²) < 4.78 is 5.20. The van der Waals surface area contributed by atoms with Crippen molar-refractivity contribution in [3.05, 3.63) is 66.0 Å². The fourth-order valence-electron chi connectivity index (χ4n) is 3.08. The maximum Gasteiger partial charge on any atom is 0.183 e. The van der Waals surface area contributed by atoms with Gasteiger partial charge in [-0.15, -0.1) is 0 Å². The number of aromatic nitrogens is 4. The molecule has 0 aliphatic heterocycles. The Morgan fingerprint density at radius 2 is 1.97 bits per heavy atom. The minimum Gasteiger partial charge on any atom is -0.497 e. The molecular formula is C22H21N5O2. The molecule has 2 aromatic heterocycles. The predicted molar refractivity (Wildman–Crippen MR) is 112 cm³/mol. The third-order valence-corrected chi connectivity index (χ3v) is 4.68. The van der Waals surface area contributed by atoms with E-state index in [9.17, 15) is 4.79 Å². The van der Waals surface area contributed by atoms with Gasteiger partial charge in [-0.25, -0.2) is 15.0 Å². The Kier molecular flexibility index (Phi) is 5.20. The van der Waals surface area contributed by atoms with Crippen molar-refractivity contribution < 1.29 is 9.53 Å². The van der Waals surface area contributed by atoms with E-state index in [4.69, 9.17) is 4.74 Å². The molecule has 0 spiro atoms. The van der Waals surface area contributed by atoms with Crippen molar-refractivity contribution in [2.45, 2.75) is 13.3 Å². The summed E-state index contributed by atoms with van der Waals surface area (Å²) in [5, 5.41) is 3.38. The Balaban J connectivity index is 1.58. The van der Waals surface area contributed by atoms with Crippen LogP contribution in [0.15, 0.2) is 54.9 Å². The van der Waals surface area contributed by atoms with Crippen LogP contribution in [0.5, 0.6) is 5.75 Å². The number of hydrogen-bond donors (Lipinski definition) is 2. The van der Waals surface area contributed by atoms with Crippen LogP contribution in [-0.4, -0.2) is 39.4 Å². The molecule has 7 nitrogen and oxygen atoms in total. The third-order valence-electron chi connectivity index (χ3n) is 4.68. The van der Waals surface area contributed by atoms with E-state index in [1.165, 1.54) is 5.56 Å². The van der Waals surface area contributed by atoms with Crippen LogP contribution in [0.1, 0.15) is 22.8 Å². The van der Waals surface area contributed by atoms with Gasteiger partial charge in [-0.1, -0.05) is 30.3 Å². The highest BCUT2D eigenvalue weighted by atomic mass is 16.5. The van der Waals surface area contributed by atoms with Crippen molar-refractivity contribution in [1.29, 1.82) is 0 Å². The van der Waals surface area contributed by atoms with Crippen LogP contribution < -0.4 is 10.1 Å². The van der Waals surface area contributed by atoms with E-state index in [0.717, 1.165) is 23.3 Å². The molecule has 0 bridgehead atoms. The van der Waals surface area contributed by atoms with Crippen LogP contribution >= 0.6 is 0 Å². The minimum absolute atomic E-state index is 0.00513. The number of imidazole rings is 1. The first-order valence-corrected chi connectivity index (χ1v) is 9.33. The predicted octanol–water partition coefficient (Wildman–Crippen LogP) is 3.89. The average molecular weight is 387 g/mol. The molecule has 0 amide bonds. The number of methoxy groups -OCH3 is 1. The highest BCUT2D eigenvalue weighted by Gasteiger charge is 2.12. The van der Waals surface area contributed by atoms with Gasteiger partial charge in [0.15, 0.2) is 23.1 Å². The molecule has 7 heteroatoms. The van der Waals surface area contributed by atoms with Gasteiger partial charge in [-0.2, -0.15) is 0 Å². The van der Waals surface area contributed by atoms with Crippen molar-refractivity contribution in [3.8, 4) is 17.1 Å². The summed E-state index contributed by atoms with van der Waals surface area (Å²) in [7, 11) is 1.66. The number of Topliss-reactive ketones (excluding diaryl/α,β-unsaturated/α-hetero) is 1. The lowest BCUT2D eigenvalue weighted by Gasteiger charge is -2.09. The number of fused-ring (bicyclic) bond motifs is 1. The second kappa shape index (κ2) is 8.10.